The molecule has 2 heterocycles. The first-order valence-corrected chi connectivity index (χ1v) is 22.6. The molecule has 5 N–H and O–H groups in total. The van der Waals surface area contributed by atoms with Crippen molar-refractivity contribution in [3.8, 4) is 0 Å². The predicted molar refractivity (Wildman–Crippen MR) is 238 cm³/mol. The third-order valence-electron chi connectivity index (χ3n) is 11.2. The molecule has 320 valence electrons. The summed E-state index contributed by atoms with van der Waals surface area (Å²) in [4.78, 5) is 59.8. The first-order valence-electron chi connectivity index (χ1n) is 20.7. The van der Waals surface area contributed by atoms with Gasteiger partial charge >= 0.3 is 5.97 Å². The zero-order chi connectivity index (χ0) is 44.0. The SMILES string of the molecule is CC(O)c1ccc2ccc(/C=C/C(C)(C)C(=O)NC(C(=O)NC(C(=O)N3CCCC(C(=O)O)N3)C(C)O[Si](c3ccccc3)(c3ccccc3)C(C)(C)C)C(C)C)cc2n1. The van der Waals surface area contributed by atoms with Crippen molar-refractivity contribution in [3.63, 3.8) is 0 Å². The van der Waals surface area contributed by atoms with Crippen LogP contribution in [0.4, 0.5) is 0 Å². The van der Waals surface area contributed by atoms with Gasteiger partial charge in [0, 0.05) is 11.9 Å². The lowest BCUT2D eigenvalue weighted by molar-refractivity contribution is -0.150. The summed E-state index contributed by atoms with van der Waals surface area (Å²) < 4.78 is 7.34. The smallest absolute Gasteiger partial charge is 0.322 e. The van der Waals surface area contributed by atoms with Crippen molar-refractivity contribution < 1.29 is 33.8 Å². The van der Waals surface area contributed by atoms with E-state index in [2.05, 4.69) is 41.8 Å². The van der Waals surface area contributed by atoms with Gasteiger partial charge < -0.3 is 25.3 Å². The number of aromatic nitrogens is 1. The highest BCUT2D eigenvalue weighted by Gasteiger charge is 2.52. The number of hydrazine groups is 1. The van der Waals surface area contributed by atoms with Gasteiger partial charge in [-0.15, -0.1) is 0 Å². The number of aliphatic carboxylic acids is 1. The third-order valence-corrected chi connectivity index (χ3v) is 16.4. The minimum Gasteiger partial charge on any atom is -0.480 e. The lowest BCUT2D eigenvalue weighted by atomic mass is 9.89. The highest BCUT2D eigenvalue weighted by molar-refractivity contribution is 6.99. The molecule has 1 saturated heterocycles. The molecule has 1 fully saturated rings. The molecule has 0 saturated carbocycles. The molecule has 3 amide bonds. The molecule has 5 atom stereocenters. The van der Waals surface area contributed by atoms with Gasteiger partial charge in [-0.2, -0.15) is 0 Å². The average molecular weight is 836 g/mol. The van der Waals surface area contributed by atoms with Gasteiger partial charge in [-0.25, -0.2) is 5.43 Å². The van der Waals surface area contributed by atoms with Gasteiger partial charge in [0.25, 0.3) is 14.2 Å². The van der Waals surface area contributed by atoms with Gasteiger partial charge in [0.05, 0.1) is 28.8 Å². The molecule has 4 aromatic rings. The molecule has 5 unspecified atom stereocenters. The van der Waals surface area contributed by atoms with E-state index in [0.717, 1.165) is 21.3 Å². The molecule has 1 aromatic heterocycles. The number of carboxylic acids is 1. The maximum absolute atomic E-state index is 14.7. The summed E-state index contributed by atoms with van der Waals surface area (Å²) in [7, 11) is -3.24. The van der Waals surface area contributed by atoms with Crippen LogP contribution in [0.2, 0.25) is 5.04 Å². The summed E-state index contributed by atoms with van der Waals surface area (Å²) >= 11 is 0. The number of amides is 3. The molecular weight excluding hydrogens is 775 g/mol. The normalized spacial score (nSPS) is 17.2. The number of nitrogens with one attached hydrogen (secondary N) is 3. The van der Waals surface area contributed by atoms with Gasteiger partial charge in [0.1, 0.15) is 18.1 Å². The Morgan fingerprint density at radius 1 is 0.867 bits per heavy atom. The second kappa shape index (κ2) is 19.0. The summed E-state index contributed by atoms with van der Waals surface area (Å²) in [6.07, 6.45) is 2.78. The number of nitrogens with zero attached hydrogens (tertiary/aromatic N) is 2. The number of carboxylic acid groups (broad SMARTS) is 1. The largest absolute Gasteiger partial charge is 0.480 e. The van der Waals surface area contributed by atoms with Crippen molar-refractivity contribution in [3.05, 3.63) is 108 Å². The van der Waals surface area contributed by atoms with Crippen molar-refractivity contribution in [2.24, 2.45) is 11.3 Å². The number of carbonyl (C=O) groups excluding carboxylic acids is 3. The van der Waals surface area contributed by atoms with E-state index in [1.807, 2.05) is 105 Å². The van der Waals surface area contributed by atoms with E-state index >= 15 is 0 Å². The van der Waals surface area contributed by atoms with Gasteiger partial charge in [0.15, 0.2) is 0 Å². The summed E-state index contributed by atoms with van der Waals surface area (Å²) in [6.45, 7) is 17.2. The van der Waals surface area contributed by atoms with Crippen LogP contribution in [0.15, 0.2) is 97.1 Å². The molecule has 1 aliphatic rings. The fourth-order valence-electron chi connectivity index (χ4n) is 7.68. The van der Waals surface area contributed by atoms with Crippen LogP contribution in [0, 0.1) is 11.3 Å². The van der Waals surface area contributed by atoms with Gasteiger partial charge in [-0.3, -0.25) is 29.2 Å². The number of hydrogen-bond acceptors (Lipinski definition) is 8. The molecule has 0 radical (unpaired) electrons. The Morgan fingerprint density at radius 2 is 1.47 bits per heavy atom. The standard InChI is InChI=1S/C47H61N5O7Si/c1-30(2)40(50-45(58)47(8,9)27-26-33-22-23-34-24-25-37(31(3)53)48-39(34)29-33)42(54)49-41(43(55)52-28-16-21-38(51-52)44(56)57)32(4)59-60(46(5,6)7,35-17-12-10-13-18-35)36-19-14-11-15-20-36/h10-15,17-20,22-27,29-32,38,40-41,51,53H,16,21,28H2,1-9H3,(H,49,54)(H,50,58)(H,56,57)/b27-26+. The van der Waals surface area contributed by atoms with Crippen LogP contribution in [0.5, 0.6) is 0 Å². The number of carbonyl (C=O) groups is 4. The molecule has 1 aliphatic heterocycles. The Balaban J connectivity index is 1.45. The zero-order valence-corrected chi connectivity index (χ0v) is 37.2. The van der Waals surface area contributed by atoms with E-state index in [4.69, 9.17) is 4.43 Å². The van der Waals surface area contributed by atoms with Gasteiger partial charge in [-0.1, -0.05) is 126 Å². The summed E-state index contributed by atoms with van der Waals surface area (Å²) in [5.74, 6) is -2.97. The topological polar surface area (TPSA) is 170 Å². The number of rotatable bonds is 15. The van der Waals surface area contributed by atoms with E-state index in [9.17, 15) is 29.4 Å². The van der Waals surface area contributed by atoms with Crippen molar-refractivity contribution in [2.75, 3.05) is 6.54 Å². The number of aliphatic hydroxyl groups is 1. The Morgan fingerprint density at radius 3 is 2.02 bits per heavy atom. The van der Waals surface area contributed by atoms with Crippen molar-refractivity contribution in [2.45, 2.75) is 111 Å². The van der Waals surface area contributed by atoms with Crippen LogP contribution < -0.4 is 26.4 Å². The highest BCUT2D eigenvalue weighted by Crippen LogP contribution is 2.38. The molecular formula is C47H61N5O7Si. The fourth-order valence-corrected chi connectivity index (χ4v) is 12.4. The molecule has 5 rings (SSSR count). The molecule has 0 bridgehead atoms. The van der Waals surface area contributed by atoms with Gasteiger partial charge in [-0.05, 0) is 79.6 Å². The molecule has 0 spiro atoms. The minimum atomic E-state index is -3.24. The highest BCUT2D eigenvalue weighted by atomic mass is 28.4. The Kier molecular flexibility index (Phi) is 14.5. The third kappa shape index (κ3) is 10.4. The van der Waals surface area contributed by atoms with E-state index in [0.29, 0.717) is 24.1 Å². The quantitative estimate of drug-likeness (QED) is 0.0972. The number of pyridine rings is 1. The van der Waals surface area contributed by atoms with E-state index < -0.39 is 72.8 Å². The van der Waals surface area contributed by atoms with E-state index in [1.165, 1.54) is 5.01 Å². The minimum absolute atomic E-state index is 0.237. The average Bonchev–Trinajstić information content (AvgIpc) is 3.22. The maximum atomic E-state index is 14.7. The maximum Gasteiger partial charge on any atom is 0.322 e. The number of hydrogen-bond donors (Lipinski definition) is 5. The first kappa shape index (κ1) is 45.9. The second-order valence-electron chi connectivity index (χ2n) is 17.7. The lowest BCUT2D eigenvalue weighted by Gasteiger charge is -2.46. The predicted octanol–water partition coefficient (Wildman–Crippen LogP) is 5.50. The van der Waals surface area contributed by atoms with Crippen LogP contribution in [-0.4, -0.2) is 83.0 Å². The summed E-state index contributed by atoms with van der Waals surface area (Å²) in [5, 5.41) is 29.5. The van der Waals surface area contributed by atoms with Crippen LogP contribution in [0.3, 0.4) is 0 Å². The lowest BCUT2D eigenvalue weighted by Crippen LogP contribution is -2.70. The van der Waals surface area contributed by atoms with Crippen molar-refractivity contribution in [1.82, 2.24) is 26.1 Å². The van der Waals surface area contributed by atoms with Crippen LogP contribution in [-0.2, 0) is 23.6 Å². The fraction of sp³-hybridized carbons (Fsp3) is 0.426. The number of benzene rings is 3. The number of fused-ring (bicyclic) bond motifs is 1. The van der Waals surface area contributed by atoms with Crippen molar-refractivity contribution >= 4 is 59.4 Å². The Hall–Kier alpha value is -5.21. The molecule has 60 heavy (non-hydrogen) atoms. The summed E-state index contributed by atoms with van der Waals surface area (Å²) in [6, 6.07) is 26.1. The number of aliphatic hydroxyl groups excluding tert-OH is 1. The molecule has 0 aliphatic carbocycles. The van der Waals surface area contributed by atoms with E-state index in [-0.39, 0.29) is 12.5 Å². The van der Waals surface area contributed by atoms with E-state index in [1.54, 1.807) is 39.8 Å². The van der Waals surface area contributed by atoms with Crippen LogP contribution in [0.25, 0.3) is 17.0 Å². The first-order chi connectivity index (χ1) is 28.2. The summed E-state index contributed by atoms with van der Waals surface area (Å²) in [5.41, 5.74) is 3.89. The monoisotopic (exact) mass is 835 g/mol. The molecule has 13 heteroatoms. The molecule has 3 aromatic carbocycles. The van der Waals surface area contributed by atoms with Gasteiger partial charge in [0.2, 0.25) is 11.8 Å². The Bertz CT molecular complexity index is 2130. The molecule has 12 nitrogen and oxygen atoms in total. The zero-order valence-electron chi connectivity index (χ0n) is 36.2. The second-order valence-corrected chi connectivity index (χ2v) is 22.0. The van der Waals surface area contributed by atoms with Crippen LogP contribution >= 0.6 is 0 Å². The van der Waals surface area contributed by atoms with Crippen molar-refractivity contribution in [1.29, 1.82) is 0 Å². The Labute approximate surface area is 354 Å². The van der Waals surface area contributed by atoms with Crippen LogP contribution in [0.1, 0.15) is 92.5 Å².